The minimum atomic E-state index is 0.316. The van der Waals surface area contributed by atoms with E-state index < -0.39 is 0 Å². The Hall–Kier alpha value is -0.0400. The Bertz CT molecular complexity index is 381. The molecule has 0 fully saturated rings. The molecular formula is C33H69N. The van der Waals surface area contributed by atoms with Crippen LogP contribution < -0.4 is 0 Å². The van der Waals surface area contributed by atoms with Crippen LogP contribution in [-0.2, 0) is 0 Å². The van der Waals surface area contributed by atoms with Gasteiger partial charge in [-0.1, -0.05) is 149 Å². The predicted octanol–water partition coefficient (Wildman–Crippen LogP) is 11.9. The van der Waals surface area contributed by atoms with E-state index in [1.165, 1.54) is 154 Å². The lowest BCUT2D eigenvalue weighted by molar-refractivity contribution is 0.00151. The average Bonchev–Trinajstić information content (AvgIpc) is 2.79. The summed E-state index contributed by atoms with van der Waals surface area (Å²) >= 11 is 0. The first-order valence-electron chi connectivity index (χ1n) is 16.1. The molecule has 0 aliphatic rings. The molecule has 0 saturated heterocycles. The Labute approximate surface area is 218 Å². The molecule has 0 rings (SSSR count). The van der Waals surface area contributed by atoms with Crippen LogP contribution in [0.25, 0.3) is 0 Å². The van der Waals surface area contributed by atoms with Crippen molar-refractivity contribution in [2.24, 2.45) is 0 Å². The standard InChI is InChI=1S/C33H69N/c1-8-11-14-17-20-23-26-29-32(4,5)34(31-28-25-22-19-16-13-10-3)33(6,7)30-27-24-21-18-15-12-9-2/h8-31H2,1-7H3. The third kappa shape index (κ3) is 18.3. The van der Waals surface area contributed by atoms with Crippen molar-refractivity contribution in [1.29, 1.82) is 0 Å². The second kappa shape index (κ2) is 22.2. The zero-order valence-corrected chi connectivity index (χ0v) is 25.4. The summed E-state index contributed by atoms with van der Waals surface area (Å²) in [6, 6.07) is 0. The van der Waals surface area contributed by atoms with Gasteiger partial charge in [0.15, 0.2) is 0 Å². The minimum Gasteiger partial charge on any atom is -0.293 e. The molecule has 206 valence electrons. The molecule has 0 unspecified atom stereocenters. The van der Waals surface area contributed by atoms with Gasteiger partial charge < -0.3 is 0 Å². The molecule has 0 radical (unpaired) electrons. The summed E-state index contributed by atoms with van der Waals surface area (Å²) in [5.74, 6) is 0. The molecule has 0 amide bonds. The molecule has 0 aromatic rings. The van der Waals surface area contributed by atoms with Crippen molar-refractivity contribution < 1.29 is 0 Å². The van der Waals surface area contributed by atoms with Crippen molar-refractivity contribution in [1.82, 2.24) is 4.90 Å². The van der Waals surface area contributed by atoms with Gasteiger partial charge in [0.25, 0.3) is 0 Å². The van der Waals surface area contributed by atoms with Crippen molar-refractivity contribution in [3.63, 3.8) is 0 Å². The summed E-state index contributed by atoms with van der Waals surface area (Å²) < 4.78 is 0. The van der Waals surface area contributed by atoms with Crippen LogP contribution in [0, 0.1) is 0 Å². The van der Waals surface area contributed by atoms with Crippen molar-refractivity contribution in [3.8, 4) is 0 Å². The Kier molecular flexibility index (Phi) is 22.2. The van der Waals surface area contributed by atoms with E-state index in [1.54, 1.807) is 0 Å². The zero-order valence-electron chi connectivity index (χ0n) is 25.4. The molecule has 0 aromatic carbocycles. The van der Waals surface area contributed by atoms with E-state index in [1.807, 2.05) is 0 Å². The highest BCUT2D eigenvalue weighted by atomic mass is 15.2. The Balaban J connectivity index is 4.66. The number of rotatable bonds is 26. The maximum atomic E-state index is 2.94. The summed E-state index contributed by atoms with van der Waals surface area (Å²) in [6.45, 7) is 18.5. The second-order valence-electron chi connectivity index (χ2n) is 12.6. The van der Waals surface area contributed by atoms with Crippen LogP contribution in [-0.4, -0.2) is 22.5 Å². The van der Waals surface area contributed by atoms with Gasteiger partial charge in [0, 0.05) is 11.1 Å². The van der Waals surface area contributed by atoms with Gasteiger partial charge in [-0.15, -0.1) is 0 Å². The molecule has 0 saturated carbocycles. The van der Waals surface area contributed by atoms with Gasteiger partial charge in [0.1, 0.15) is 0 Å². The SMILES string of the molecule is CCCCCCCCCN(C(C)(C)CCCCCCCCC)C(C)(C)CCCCCCCCC. The molecule has 0 aliphatic carbocycles. The average molecular weight is 480 g/mol. The number of hydrogen-bond donors (Lipinski definition) is 0. The summed E-state index contributed by atoms with van der Waals surface area (Å²) in [5, 5.41) is 0. The quantitative estimate of drug-likeness (QED) is 0.111. The lowest BCUT2D eigenvalue weighted by Gasteiger charge is -2.49. The van der Waals surface area contributed by atoms with Crippen molar-refractivity contribution >= 4 is 0 Å². The second-order valence-corrected chi connectivity index (χ2v) is 12.6. The third-order valence-electron chi connectivity index (χ3n) is 8.23. The molecule has 0 atom stereocenters. The van der Waals surface area contributed by atoms with Gasteiger partial charge in [-0.25, -0.2) is 0 Å². The molecule has 34 heavy (non-hydrogen) atoms. The number of nitrogens with zero attached hydrogens (tertiary/aromatic N) is 1. The van der Waals surface area contributed by atoms with Crippen LogP contribution in [0.15, 0.2) is 0 Å². The normalized spacial score (nSPS) is 12.7. The van der Waals surface area contributed by atoms with Crippen LogP contribution in [0.3, 0.4) is 0 Å². The smallest absolute Gasteiger partial charge is 0.0158 e. The van der Waals surface area contributed by atoms with E-state index in [0.29, 0.717) is 11.1 Å². The first-order chi connectivity index (χ1) is 16.3. The topological polar surface area (TPSA) is 3.24 Å². The number of hydrogen-bond acceptors (Lipinski definition) is 1. The summed E-state index contributed by atoms with van der Waals surface area (Å²) in [5.41, 5.74) is 0.631. The van der Waals surface area contributed by atoms with Gasteiger partial charge in [-0.2, -0.15) is 0 Å². The molecule has 0 aliphatic heterocycles. The third-order valence-corrected chi connectivity index (χ3v) is 8.23. The van der Waals surface area contributed by atoms with Crippen LogP contribution in [0.5, 0.6) is 0 Å². The summed E-state index contributed by atoms with van der Waals surface area (Å²) in [4.78, 5) is 2.94. The van der Waals surface area contributed by atoms with Crippen LogP contribution in [0.4, 0.5) is 0 Å². The molecule has 0 N–H and O–H groups in total. The predicted molar refractivity (Wildman–Crippen MR) is 158 cm³/mol. The van der Waals surface area contributed by atoms with Crippen molar-refractivity contribution in [3.05, 3.63) is 0 Å². The van der Waals surface area contributed by atoms with Crippen molar-refractivity contribution in [2.45, 2.75) is 207 Å². The molecule has 0 spiro atoms. The fourth-order valence-electron chi connectivity index (χ4n) is 5.95. The fourth-order valence-corrected chi connectivity index (χ4v) is 5.95. The Morgan fingerprint density at radius 1 is 0.353 bits per heavy atom. The first-order valence-corrected chi connectivity index (χ1v) is 16.1. The molecule has 1 heteroatoms. The van der Waals surface area contributed by atoms with E-state index in [9.17, 15) is 0 Å². The van der Waals surface area contributed by atoms with Gasteiger partial charge in [0.05, 0.1) is 0 Å². The van der Waals surface area contributed by atoms with E-state index in [4.69, 9.17) is 0 Å². The van der Waals surface area contributed by atoms with Gasteiger partial charge >= 0.3 is 0 Å². The maximum Gasteiger partial charge on any atom is 0.0158 e. The molecule has 0 aromatic heterocycles. The maximum absolute atomic E-state index is 2.94. The van der Waals surface area contributed by atoms with Gasteiger partial charge in [-0.3, -0.25) is 4.90 Å². The van der Waals surface area contributed by atoms with Gasteiger partial charge in [0.2, 0.25) is 0 Å². The van der Waals surface area contributed by atoms with Crippen molar-refractivity contribution in [2.75, 3.05) is 6.54 Å². The molecule has 0 bridgehead atoms. The highest BCUT2D eigenvalue weighted by Crippen LogP contribution is 2.34. The summed E-state index contributed by atoms with van der Waals surface area (Å²) in [6.07, 6.45) is 32.5. The van der Waals surface area contributed by atoms with E-state index in [0.717, 1.165) is 0 Å². The lowest BCUT2D eigenvalue weighted by Crippen LogP contribution is -2.55. The zero-order chi connectivity index (χ0) is 25.5. The molecule has 1 nitrogen and oxygen atoms in total. The largest absolute Gasteiger partial charge is 0.293 e. The van der Waals surface area contributed by atoms with E-state index >= 15 is 0 Å². The Morgan fingerprint density at radius 3 is 0.941 bits per heavy atom. The van der Waals surface area contributed by atoms with Crippen LogP contribution in [0.1, 0.15) is 196 Å². The fraction of sp³-hybridized carbons (Fsp3) is 1.00. The van der Waals surface area contributed by atoms with E-state index in [-0.39, 0.29) is 0 Å². The first kappa shape index (κ1) is 34.0. The highest BCUT2D eigenvalue weighted by Gasteiger charge is 2.36. The van der Waals surface area contributed by atoms with E-state index in [2.05, 4.69) is 53.4 Å². The summed E-state index contributed by atoms with van der Waals surface area (Å²) in [7, 11) is 0. The minimum absolute atomic E-state index is 0.316. The van der Waals surface area contributed by atoms with Gasteiger partial charge in [-0.05, 0) is 53.5 Å². The highest BCUT2D eigenvalue weighted by molar-refractivity contribution is 4.92. The molecule has 0 heterocycles. The van der Waals surface area contributed by atoms with Crippen LogP contribution in [0.2, 0.25) is 0 Å². The Morgan fingerprint density at radius 2 is 0.618 bits per heavy atom. The monoisotopic (exact) mass is 480 g/mol. The van der Waals surface area contributed by atoms with Crippen LogP contribution >= 0.6 is 0 Å². The molecular weight excluding hydrogens is 410 g/mol. The number of unbranched alkanes of at least 4 members (excludes halogenated alkanes) is 18. The lowest BCUT2D eigenvalue weighted by atomic mass is 9.85.